The Kier molecular flexibility index (Phi) is 3.08. The molecule has 0 aliphatic heterocycles. The van der Waals surface area contributed by atoms with E-state index in [9.17, 15) is 0 Å². The average molecular weight is 246 g/mol. The van der Waals surface area contributed by atoms with Crippen molar-refractivity contribution >= 4 is 11.5 Å². The van der Waals surface area contributed by atoms with Crippen molar-refractivity contribution in [1.29, 1.82) is 0 Å². The Morgan fingerprint density at radius 1 is 1.33 bits per heavy atom. The van der Waals surface area contributed by atoms with Gasteiger partial charge in [0.15, 0.2) is 5.65 Å². The second kappa shape index (κ2) is 4.88. The first-order valence-corrected chi connectivity index (χ1v) is 6.62. The van der Waals surface area contributed by atoms with Crippen LogP contribution in [-0.2, 0) is 0 Å². The van der Waals surface area contributed by atoms with Gasteiger partial charge in [0.05, 0.1) is 0 Å². The quantitative estimate of drug-likeness (QED) is 0.893. The number of anilines is 1. The minimum Gasteiger partial charge on any atom is -0.368 e. The van der Waals surface area contributed by atoms with Crippen molar-refractivity contribution in [2.24, 2.45) is 11.8 Å². The van der Waals surface area contributed by atoms with E-state index >= 15 is 0 Å². The van der Waals surface area contributed by atoms with Crippen molar-refractivity contribution in [2.75, 3.05) is 11.9 Å². The van der Waals surface area contributed by atoms with Crippen molar-refractivity contribution in [2.45, 2.75) is 32.6 Å². The normalized spacial score (nSPS) is 24.3. The highest BCUT2D eigenvalue weighted by molar-refractivity contribution is 5.42. The molecule has 2 unspecified atom stereocenters. The summed E-state index contributed by atoms with van der Waals surface area (Å²) in [5.41, 5.74) is 0.673. The van der Waals surface area contributed by atoms with Crippen molar-refractivity contribution in [3.63, 3.8) is 0 Å². The molecule has 1 N–H and O–H groups in total. The van der Waals surface area contributed by atoms with E-state index in [2.05, 4.69) is 32.9 Å². The predicted molar refractivity (Wildman–Crippen MR) is 68.2 cm³/mol. The van der Waals surface area contributed by atoms with Crippen molar-refractivity contribution in [3.8, 4) is 0 Å². The van der Waals surface area contributed by atoms with Gasteiger partial charge < -0.3 is 5.32 Å². The SMILES string of the molecule is CC1CCCCC1CNc1ccc2nnnn2n1. The Bertz CT molecular complexity index is 522. The van der Waals surface area contributed by atoms with Gasteiger partial charge in [-0.3, -0.25) is 0 Å². The maximum Gasteiger partial charge on any atom is 0.200 e. The second-order valence-corrected chi connectivity index (χ2v) is 5.15. The van der Waals surface area contributed by atoms with Crippen LogP contribution in [0.5, 0.6) is 0 Å². The Balaban J connectivity index is 1.65. The van der Waals surface area contributed by atoms with Crippen LogP contribution in [0.1, 0.15) is 32.6 Å². The molecule has 0 bridgehead atoms. The van der Waals surface area contributed by atoms with Crippen LogP contribution in [0.3, 0.4) is 0 Å². The largest absolute Gasteiger partial charge is 0.368 e. The molecule has 6 nitrogen and oxygen atoms in total. The van der Waals surface area contributed by atoms with Gasteiger partial charge in [-0.25, -0.2) is 0 Å². The zero-order valence-corrected chi connectivity index (χ0v) is 10.6. The lowest BCUT2D eigenvalue weighted by Crippen LogP contribution is -2.24. The number of tetrazole rings is 1. The second-order valence-electron chi connectivity index (χ2n) is 5.15. The first-order valence-electron chi connectivity index (χ1n) is 6.62. The van der Waals surface area contributed by atoms with E-state index in [-0.39, 0.29) is 0 Å². The van der Waals surface area contributed by atoms with Gasteiger partial charge in [-0.2, -0.15) is 0 Å². The maximum atomic E-state index is 4.31. The molecule has 6 heteroatoms. The fraction of sp³-hybridized carbons (Fsp3) is 0.667. The zero-order valence-electron chi connectivity index (χ0n) is 10.6. The number of nitrogens with zero attached hydrogens (tertiary/aromatic N) is 5. The van der Waals surface area contributed by atoms with Gasteiger partial charge in [-0.1, -0.05) is 26.2 Å². The third-order valence-corrected chi connectivity index (χ3v) is 3.90. The van der Waals surface area contributed by atoms with Crippen LogP contribution >= 0.6 is 0 Å². The molecule has 1 aliphatic rings. The minimum absolute atomic E-state index is 0.673. The number of nitrogens with one attached hydrogen (secondary N) is 1. The highest BCUT2D eigenvalue weighted by Gasteiger charge is 2.20. The smallest absolute Gasteiger partial charge is 0.200 e. The van der Waals surface area contributed by atoms with E-state index in [1.807, 2.05) is 12.1 Å². The summed E-state index contributed by atoms with van der Waals surface area (Å²) in [6, 6.07) is 3.80. The van der Waals surface area contributed by atoms with Crippen LogP contribution in [-0.4, -0.2) is 31.8 Å². The monoisotopic (exact) mass is 246 g/mol. The van der Waals surface area contributed by atoms with Gasteiger partial charge in [0.25, 0.3) is 0 Å². The van der Waals surface area contributed by atoms with E-state index in [0.29, 0.717) is 5.65 Å². The molecular weight excluding hydrogens is 228 g/mol. The van der Waals surface area contributed by atoms with Crippen LogP contribution in [0.15, 0.2) is 12.1 Å². The fourth-order valence-electron chi connectivity index (χ4n) is 2.68. The molecule has 2 atom stereocenters. The molecule has 1 aliphatic carbocycles. The van der Waals surface area contributed by atoms with Crippen LogP contribution in [0.25, 0.3) is 5.65 Å². The van der Waals surface area contributed by atoms with Gasteiger partial charge in [-0.05, 0) is 40.8 Å². The highest BCUT2D eigenvalue weighted by Crippen LogP contribution is 2.29. The summed E-state index contributed by atoms with van der Waals surface area (Å²) < 4.78 is 1.45. The van der Waals surface area contributed by atoms with Gasteiger partial charge in [0, 0.05) is 6.54 Å². The minimum atomic E-state index is 0.673. The van der Waals surface area contributed by atoms with E-state index in [0.717, 1.165) is 24.2 Å². The molecule has 0 radical (unpaired) electrons. The Hall–Kier alpha value is -1.72. The van der Waals surface area contributed by atoms with Gasteiger partial charge in [-0.15, -0.1) is 14.8 Å². The standard InChI is InChI=1S/C12H18N6/c1-9-4-2-3-5-10(9)8-13-11-6-7-12-14-16-17-18(12)15-11/h6-7,9-10H,2-5,8H2,1H3,(H,13,15). The highest BCUT2D eigenvalue weighted by atomic mass is 15.6. The lowest BCUT2D eigenvalue weighted by atomic mass is 9.80. The summed E-state index contributed by atoms with van der Waals surface area (Å²) in [5, 5.41) is 18.9. The molecule has 2 aromatic heterocycles. The fourth-order valence-corrected chi connectivity index (χ4v) is 2.68. The van der Waals surface area contributed by atoms with Crippen molar-refractivity contribution in [1.82, 2.24) is 25.3 Å². The lowest BCUT2D eigenvalue weighted by molar-refractivity contribution is 0.268. The first-order chi connectivity index (χ1) is 8.83. The van der Waals surface area contributed by atoms with E-state index in [1.165, 1.54) is 30.3 Å². The maximum absolute atomic E-state index is 4.31. The molecule has 0 spiro atoms. The number of hydrogen-bond acceptors (Lipinski definition) is 5. The lowest BCUT2D eigenvalue weighted by Gasteiger charge is -2.28. The third kappa shape index (κ3) is 2.27. The van der Waals surface area contributed by atoms with Crippen LogP contribution < -0.4 is 5.32 Å². The molecule has 3 rings (SSSR count). The van der Waals surface area contributed by atoms with Gasteiger partial charge >= 0.3 is 0 Å². The number of rotatable bonds is 3. The third-order valence-electron chi connectivity index (χ3n) is 3.90. The predicted octanol–water partition coefficient (Wildman–Crippen LogP) is 1.76. The Morgan fingerprint density at radius 3 is 3.11 bits per heavy atom. The molecule has 0 amide bonds. The van der Waals surface area contributed by atoms with Crippen molar-refractivity contribution < 1.29 is 0 Å². The summed E-state index contributed by atoms with van der Waals surface area (Å²) in [6.45, 7) is 3.34. The topological polar surface area (TPSA) is 68.0 Å². The van der Waals surface area contributed by atoms with Crippen molar-refractivity contribution in [3.05, 3.63) is 12.1 Å². The first kappa shape index (κ1) is 11.4. The van der Waals surface area contributed by atoms with Crippen LogP contribution in [0.4, 0.5) is 5.82 Å². The molecule has 18 heavy (non-hydrogen) atoms. The molecule has 0 saturated heterocycles. The van der Waals surface area contributed by atoms with E-state index in [1.54, 1.807) is 0 Å². The van der Waals surface area contributed by atoms with Crippen LogP contribution in [0, 0.1) is 11.8 Å². The summed E-state index contributed by atoms with van der Waals surface area (Å²) in [7, 11) is 0. The molecule has 2 heterocycles. The summed E-state index contributed by atoms with van der Waals surface area (Å²) in [4.78, 5) is 0. The molecule has 1 saturated carbocycles. The molecule has 1 fully saturated rings. The van der Waals surface area contributed by atoms with Gasteiger partial charge in [0.2, 0.25) is 0 Å². The summed E-state index contributed by atoms with van der Waals surface area (Å²) in [6.07, 6.45) is 5.41. The molecule has 96 valence electrons. The average Bonchev–Trinajstić information content (AvgIpc) is 2.85. The summed E-state index contributed by atoms with van der Waals surface area (Å²) in [5.74, 6) is 2.40. The zero-order chi connectivity index (χ0) is 12.4. The van der Waals surface area contributed by atoms with Crippen LogP contribution in [0.2, 0.25) is 0 Å². The number of fused-ring (bicyclic) bond motifs is 1. The molecule has 2 aromatic rings. The Morgan fingerprint density at radius 2 is 2.22 bits per heavy atom. The number of aromatic nitrogens is 5. The number of hydrogen-bond donors (Lipinski definition) is 1. The Labute approximate surface area is 106 Å². The van der Waals surface area contributed by atoms with E-state index < -0.39 is 0 Å². The van der Waals surface area contributed by atoms with Gasteiger partial charge in [0.1, 0.15) is 5.82 Å². The molecular formula is C12H18N6. The summed E-state index contributed by atoms with van der Waals surface area (Å²) >= 11 is 0. The molecule has 0 aromatic carbocycles. The van der Waals surface area contributed by atoms with E-state index in [4.69, 9.17) is 0 Å².